The molecule has 4 rings (SSSR count). The van der Waals surface area contributed by atoms with Crippen LogP contribution in [0.3, 0.4) is 0 Å². The molecule has 0 unspecified atom stereocenters. The highest BCUT2D eigenvalue weighted by Gasteiger charge is 2.44. The summed E-state index contributed by atoms with van der Waals surface area (Å²) in [6.07, 6.45) is 3.50. The monoisotopic (exact) mass is 309 g/mol. The number of hydrogen-bond donors (Lipinski definition) is 0. The van der Waals surface area contributed by atoms with Crippen LogP contribution in [0.2, 0.25) is 0 Å². The van der Waals surface area contributed by atoms with E-state index in [1.165, 1.54) is 31.7 Å². The van der Waals surface area contributed by atoms with Gasteiger partial charge >= 0.3 is 6.18 Å². The van der Waals surface area contributed by atoms with Gasteiger partial charge in [-0.25, -0.2) is 0 Å². The lowest BCUT2D eigenvalue weighted by molar-refractivity contribution is -0.138. The molecule has 1 aromatic rings. The van der Waals surface area contributed by atoms with Crippen molar-refractivity contribution in [1.82, 2.24) is 4.90 Å². The summed E-state index contributed by atoms with van der Waals surface area (Å²) in [6.45, 7) is 2.40. The number of hydrogen-bond acceptors (Lipinski definition) is 1. The number of alkyl halides is 3. The molecule has 120 valence electrons. The molecule has 22 heavy (non-hydrogen) atoms. The van der Waals surface area contributed by atoms with E-state index in [1.54, 1.807) is 6.07 Å². The molecule has 0 atom stereocenters. The molecule has 0 bridgehead atoms. The zero-order valence-electron chi connectivity index (χ0n) is 12.8. The van der Waals surface area contributed by atoms with Crippen LogP contribution >= 0.6 is 0 Å². The van der Waals surface area contributed by atoms with E-state index in [0.29, 0.717) is 17.5 Å². The van der Waals surface area contributed by atoms with Crippen LogP contribution in [0.1, 0.15) is 54.4 Å². The fourth-order valence-electron chi connectivity index (χ4n) is 4.27. The van der Waals surface area contributed by atoms with Gasteiger partial charge in [-0.1, -0.05) is 6.07 Å². The summed E-state index contributed by atoms with van der Waals surface area (Å²) in [5.41, 5.74) is 2.86. The van der Waals surface area contributed by atoms with Gasteiger partial charge in [0.1, 0.15) is 0 Å². The maximum atomic E-state index is 13.4. The lowest BCUT2D eigenvalue weighted by atomic mass is 9.92. The van der Waals surface area contributed by atoms with E-state index in [9.17, 15) is 13.2 Å². The molecule has 0 radical (unpaired) electrons. The Balaban J connectivity index is 1.60. The molecular formula is C18H22F3N. The molecule has 1 aliphatic heterocycles. The molecule has 1 heterocycles. The Labute approximate surface area is 129 Å². The predicted molar refractivity (Wildman–Crippen MR) is 79.6 cm³/mol. The molecule has 0 amide bonds. The molecule has 1 aromatic carbocycles. The van der Waals surface area contributed by atoms with Crippen molar-refractivity contribution in [2.24, 2.45) is 5.41 Å². The molecular weight excluding hydrogens is 287 g/mol. The maximum absolute atomic E-state index is 13.4. The third-order valence-corrected chi connectivity index (χ3v) is 5.96. The Hall–Kier alpha value is -1.03. The Morgan fingerprint density at radius 1 is 1.00 bits per heavy atom. The number of fused-ring (bicyclic) bond motifs is 1. The van der Waals surface area contributed by atoms with Crippen molar-refractivity contribution in [3.8, 4) is 0 Å². The number of likely N-dealkylation sites (tertiary alicyclic amines) is 1. The van der Waals surface area contributed by atoms with Crippen molar-refractivity contribution >= 4 is 0 Å². The first kappa shape index (κ1) is 14.6. The average molecular weight is 309 g/mol. The van der Waals surface area contributed by atoms with Gasteiger partial charge < -0.3 is 0 Å². The van der Waals surface area contributed by atoms with Crippen molar-refractivity contribution in [1.29, 1.82) is 0 Å². The van der Waals surface area contributed by atoms with Gasteiger partial charge in [-0.3, -0.25) is 4.90 Å². The van der Waals surface area contributed by atoms with Gasteiger partial charge in [-0.15, -0.1) is 0 Å². The summed E-state index contributed by atoms with van der Waals surface area (Å²) >= 11 is 0. The number of benzene rings is 1. The Bertz CT molecular complexity index is 577. The van der Waals surface area contributed by atoms with Crippen LogP contribution in [-0.2, 0) is 25.6 Å². The lowest BCUT2D eigenvalue weighted by Gasteiger charge is -2.33. The average Bonchev–Trinajstić information content (AvgIpc) is 3.04. The van der Waals surface area contributed by atoms with Crippen LogP contribution in [0.5, 0.6) is 0 Å². The number of halogens is 3. The van der Waals surface area contributed by atoms with Gasteiger partial charge in [-0.2, -0.15) is 13.2 Å². The van der Waals surface area contributed by atoms with Gasteiger partial charge in [0, 0.05) is 6.54 Å². The topological polar surface area (TPSA) is 3.24 Å². The van der Waals surface area contributed by atoms with Crippen LogP contribution < -0.4 is 0 Å². The van der Waals surface area contributed by atoms with Crippen LogP contribution in [0.4, 0.5) is 13.2 Å². The fraction of sp³-hybridized carbons (Fsp3) is 0.667. The molecule has 0 aromatic heterocycles. The third-order valence-electron chi connectivity index (χ3n) is 5.96. The SMILES string of the molecule is FC(F)(F)c1ccc2c(c1CN1CCC3(CC1)CC3)CCC2. The molecule has 1 saturated carbocycles. The normalized spacial score (nSPS) is 23.8. The summed E-state index contributed by atoms with van der Waals surface area (Å²) in [4.78, 5) is 2.24. The van der Waals surface area contributed by atoms with E-state index < -0.39 is 11.7 Å². The van der Waals surface area contributed by atoms with Crippen molar-refractivity contribution < 1.29 is 13.2 Å². The Morgan fingerprint density at radius 2 is 1.73 bits per heavy atom. The zero-order chi connectivity index (χ0) is 15.4. The van der Waals surface area contributed by atoms with Gasteiger partial charge in [0.25, 0.3) is 0 Å². The minimum Gasteiger partial charge on any atom is -0.299 e. The van der Waals surface area contributed by atoms with Crippen LogP contribution in [0.25, 0.3) is 0 Å². The van der Waals surface area contributed by atoms with Gasteiger partial charge in [0.05, 0.1) is 5.56 Å². The van der Waals surface area contributed by atoms with Crippen molar-refractivity contribution in [2.75, 3.05) is 13.1 Å². The van der Waals surface area contributed by atoms with E-state index in [4.69, 9.17) is 0 Å². The second-order valence-corrected chi connectivity index (χ2v) is 7.36. The fourth-order valence-corrected chi connectivity index (χ4v) is 4.27. The van der Waals surface area contributed by atoms with Crippen LogP contribution in [-0.4, -0.2) is 18.0 Å². The van der Waals surface area contributed by atoms with Crippen LogP contribution in [0, 0.1) is 5.41 Å². The van der Waals surface area contributed by atoms with Gasteiger partial charge in [0.2, 0.25) is 0 Å². The second-order valence-electron chi connectivity index (χ2n) is 7.36. The summed E-state index contributed by atoms with van der Waals surface area (Å²) in [6, 6.07) is 3.01. The second kappa shape index (κ2) is 4.98. The maximum Gasteiger partial charge on any atom is 0.416 e. The first-order chi connectivity index (χ1) is 10.5. The minimum atomic E-state index is -4.24. The summed E-state index contributed by atoms with van der Waals surface area (Å²) in [5, 5.41) is 0. The smallest absolute Gasteiger partial charge is 0.299 e. The first-order valence-corrected chi connectivity index (χ1v) is 8.40. The molecule has 2 fully saturated rings. The predicted octanol–water partition coefficient (Wildman–Crippen LogP) is 4.57. The molecule has 4 heteroatoms. The third kappa shape index (κ3) is 2.55. The van der Waals surface area contributed by atoms with Crippen molar-refractivity contribution in [2.45, 2.75) is 57.7 Å². The molecule has 1 saturated heterocycles. The lowest BCUT2D eigenvalue weighted by Crippen LogP contribution is -2.34. The molecule has 3 aliphatic rings. The van der Waals surface area contributed by atoms with E-state index in [-0.39, 0.29) is 0 Å². The molecule has 0 N–H and O–H groups in total. The molecule has 1 nitrogen and oxygen atoms in total. The first-order valence-electron chi connectivity index (χ1n) is 8.40. The molecule has 2 aliphatic carbocycles. The zero-order valence-corrected chi connectivity index (χ0v) is 12.8. The van der Waals surface area contributed by atoms with Gasteiger partial charge in [0.15, 0.2) is 0 Å². The summed E-state index contributed by atoms with van der Waals surface area (Å²) in [7, 11) is 0. The highest BCUT2D eigenvalue weighted by molar-refractivity contribution is 5.45. The van der Waals surface area contributed by atoms with Crippen LogP contribution in [0.15, 0.2) is 12.1 Å². The van der Waals surface area contributed by atoms with E-state index >= 15 is 0 Å². The Morgan fingerprint density at radius 3 is 2.36 bits per heavy atom. The largest absolute Gasteiger partial charge is 0.416 e. The van der Waals surface area contributed by atoms with Crippen molar-refractivity contribution in [3.63, 3.8) is 0 Å². The Kier molecular flexibility index (Phi) is 3.30. The van der Waals surface area contributed by atoms with E-state index in [1.807, 2.05) is 0 Å². The standard InChI is InChI=1S/C18H22F3N/c19-18(20,21)16-5-4-13-2-1-3-14(13)15(16)12-22-10-8-17(6-7-17)9-11-22/h4-5H,1-3,6-12H2. The number of aryl methyl sites for hydroxylation is 1. The number of piperidine rings is 1. The number of rotatable bonds is 2. The summed E-state index contributed by atoms with van der Waals surface area (Å²) in [5.74, 6) is 0. The highest BCUT2D eigenvalue weighted by atomic mass is 19.4. The summed E-state index contributed by atoms with van der Waals surface area (Å²) < 4.78 is 40.2. The minimum absolute atomic E-state index is 0.403. The number of nitrogens with zero attached hydrogens (tertiary/aromatic N) is 1. The van der Waals surface area contributed by atoms with E-state index in [0.717, 1.165) is 43.5 Å². The quantitative estimate of drug-likeness (QED) is 0.773. The van der Waals surface area contributed by atoms with Crippen molar-refractivity contribution in [3.05, 3.63) is 34.4 Å². The highest BCUT2D eigenvalue weighted by Crippen LogP contribution is 2.53. The van der Waals surface area contributed by atoms with Gasteiger partial charge in [-0.05, 0) is 86.2 Å². The molecule has 1 spiro atoms. The van der Waals surface area contributed by atoms with E-state index in [2.05, 4.69) is 4.90 Å².